The Morgan fingerprint density at radius 2 is 1.75 bits per heavy atom. The number of nitrogens with zero attached hydrogens (tertiary/aromatic N) is 1. The Morgan fingerprint density at radius 3 is 2.45 bits per heavy atom. The first kappa shape index (κ1) is 12.5. The van der Waals surface area contributed by atoms with Crippen molar-refractivity contribution in [1.82, 2.24) is 4.57 Å². The zero-order valence-corrected chi connectivity index (χ0v) is 11.3. The van der Waals surface area contributed by atoms with E-state index >= 15 is 0 Å². The zero-order valence-electron chi connectivity index (χ0n) is 11.3. The number of aryl methyl sites for hydroxylation is 1. The molecule has 0 saturated heterocycles. The summed E-state index contributed by atoms with van der Waals surface area (Å²) < 4.78 is 1.56. The maximum Gasteiger partial charge on any atom is 0.264 e. The number of hydrogen-bond acceptors (Lipinski definition) is 2. The zero-order chi connectivity index (χ0) is 14.1. The van der Waals surface area contributed by atoms with E-state index in [2.05, 4.69) is 6.92 Å². The number of nitrogens with two attached hydrogens (primary N) is 1. The second-order valence-corrected chi connectivity index (χ2v) is 4.82. The topological polar surface area (TPSA) is 48.0 Å². The summed E-state index contributed by atoms with van der Waals surface area (Å²) in [4.78, 5) is 12.6. The van der Waals surface area contributed by atoms with Crippen LogP contribution < -0.4 is 11.3 Å². The maximum atomic E-state index is 12.6. The summed E-state index contributed by atoms with van der Waals surface area (Å²) in [5.74, 6) is 0.456. The normalized spacial score (nSPS) is 10.8. The van der Waals surface area contributed by atoms with E-state index in [1.807, 2.05) is 54.6 Å². The molecule has 3 aromatic rings. The summed E-state index contributed by atoms with van der Waals surface area (Å²) in [5, 5.41) is 1.55. The Bertz CT molecular complexity index is 817. The number of nitrogen functional groups attached to an aromatic ring is 1. The molecule has 0 fully saturated rings. The number of hydrogen-bond donors (Lipinski definition) is 1. The average molecular weight is 264 g/mol. The van der Waals surface area contributed by atoms with Gasteiger partial charge in [-0.3, -0.25) is 9.36 Å². The fourth-order valence-corrected chi connectivity index (χ4v) is 2.43. The third kappa shape index (κ3) is 1.97. The fourth-order valence-electron chi connectivity index (χ4n) is 2.43. The van der Waals surface area contributed by atoms with Gasteiger partial charge in [-0.1, -0.05) is 37.3 Å². The summed E-state index contributed by atoms with van der Waals surface area (Å²) in [7, 11) is 0. The van der Waals surface area contributed by atoms with E-state index in [0.717, 1.165) is 17.5 Å². The van der Waals surface area contributed by atoms with Crippen molar-refractivity contribution in [1.29, 1.82) is 0 Å². The first-order valence-corrected chi connectivity index (χ1v) is 6.70. The summed E-state index contributed by atoms with van der Waals surface area (Å²) in [5.41, 5.74) is 8.01. The van der Waals surface area contributed by atoms with Crippen LogP contribution >= 0.6 is 0 Å². The van der Waals surface area contributed by atoms with Crippen molar-refractivity contribution in [3.05, 3.63) is 70.5 Å². The van der Waals surface area contributed by atoms with Gasteiger partial charge in [0.15, 0.2) is 0 Å². The molecule has 2 N–H and O–H groups in total. The molecular formula is C17H16N2O. The van der Waals surface area contributed by atoms with Crippen LogP contribution in [-0.2, 0) is 6.42 Å². The molecule has 0 unspecified atom stereocenters. The average Bonchev–Trinajstić information content (AvgIpc) is 2.48. The summed E-state index contributed by atoms with van der Waals surface area (Å²) >= 11 is 0. The smallest absolute Gasteiger partial charge is 0.264 e. The molecule has 0 aliphatic rings. The molecule has 3 heteroatoms. The number of anilines is 1. The van der Waals surface area contributed by atoms with E-state index in [0.29, 0.717) is 11.2 Å². The summed E-state index contributed by atoms with van der Waals surface area (Å²) in [6.07, 6.45) is 0.975. The molecule has 0 bridgehead atoms. The van der Waals surface area contributed by atoms with Crippen molar-refractivity contribution in [2.24, 2.45) is 0 Å². The second kappa shape index (κ2) is 4.85. The SMILES string of the molecule is CCc1ccc(-n2c(N)cc3ccccc3c2=O)cc1. The number of rotatable bonds is 2. The van der Waals surface area contributed by atoms with Crippen molar-refractivity contribution in [2.75, 3.05) is 5.73 Å². The Labute approximate surface area is 117 Å². The van der Waals surface area contributed by atoms with Crippen LogP contribution in [0.3, 0.4) is 0 Å². The minimum absolute atomic E-state index is 0.0788. The van der Waals surface area contributed by atoms with Crippen LogP contribution in [0.1, 0.15) is 12.5 Å². The quantitative estimate of drug-likeness (QED) is 0.773. The van der Waals surface area contributed by atoms with Crippen molar-refractivity contribution >= 4 is 16.6 Å². The van der Waals surface area contributed by atoms with Crippen LogP contribution in [0, 0.1) is 0 Å². The molecule has 3 nitrogen and oxygen atoms in total. The molecule has 1 aromatic heterocycles. The molecule has 20 heavy (non-hydrogen) atoms. The van der Waals surface area contributed by atoms with E-state index in [4.69, 9.17) is 5.73 Å². The summed E-state index contributed by atoms with van der Waals surface area (Å²) in [6, 6.07) is 17.3. The van der Waals surface area contributed by atoms with Gasteiger partial charge in [0.25, 0.3) is 5.56 Å². The molecule has 3 rings (SSSR count). The lowest BCUT2D eigenvalue weighted by atomic mass is 10.1. The van der Waals surface area contributed by atoms with Crippen LogP contribution in [-0.4, -0.2) is 4.57 Å². The van der Waals surface area contributed by atoms with Gasteiger partial charge in [0, 0.05) is 5.39 Å². The molecule has 0 atom stereocenters. The third-order valence-electron chi connectivity index (χ3n) is 3.56. The lowest BCUT2D eigenvalue weighted by Gasteiger charge is -2.11. The van der Waals surface area contributed by atoms with Crippen LogP contribution in [0.5, 0.6) is 0 Å². The van der Waals surface area contributed by atoms with Gasteiger partial charge in [-0.05, 0) is 41.6 Å². The van der Waals surface area contributed by atoms with Gasteiger partial charge in [0.1, 0.15) is 5.82 Å². The minimum atomic E-state index is -0.0788. The van der Waals surface area contributed by atoms with Crippen LogP contribution in [0.15, 0.2) is 59.4 Å². The van der Waals surface area contributed by atoms with Crippen LogP contribution in [0.25, 0.3) is 16.5 Å². The second-order valence-electron chi connectivity index (χ2n) is 4.82. The van der Waals surface area contributed by atoms with Gasteiger partial charge < -0.3 is 5.73 Å². The van der Waals surface area contributed by atoms with E-state index in [1.54, 1.807) is 4.57 Å². The first-order valence-electron chi connectivity index (χ1n) is 6.70. The molecule has 100 valence electrons. The number of pyridine rings is 1. The molecule has 0 radical (unpaired) electrons. The van der Waals surface area contributed by atoms with Gasteiger partial charge >= 0.3 is 0 Å². The maximum absolute atomic E-state index is 12.6. The molecule has 1 heterocycles. The van der Waals surface area contributed by atoms with E-state index in [1.165, 1.54) is 5.56 Å². The van der Waals surface area contributed by atoms with E-state index in [9.17, 15) is 4.79 Å². The largest absolute Gasteiger partial charge is 0.385 e. The van der Waals surface area contributed by atoms with E-state index < -0.39 is 0 Å². The molecule has 0 aliphatic heterocycles. The third-order valence-corrected chi connectivity index (χ3v) is 3.56. The van der Waals surface area contributed by atoms with E-state index in [-0.39, 0.29) is 5.56 Å². The van der Waals surface area contributed by atoms with Crippen molar-refractivity contribution in [2.45, 2.75) is 13.3 Å². The van der Waals surface area contributed by atoms with Gasteiger partial charge in [-0.25, -0.2) is 0 Å². The highest BCUT2D eigenvalue weighted by Gasteiger charge is 2.08. The minimum Gasteiger partial charge on any atom is -0.385 e. The predicted octanol–water partition coefficient (Wildman–Crippen LogP) is 3.14. The standard InChI is InChI=1S/C17H16N2O/c1-2-12-7-9-14(10-8-12)19-16(18)11-13-5-3-4-6-15(13)17(19)20/h3-11H,2,18H2,1H3. The molecule has 0 amide bonds. The highest BCUT2D eigenvalue weighted by molar-refractivity contribution is 5.84. The molecule has 2 aromatic carbocycles. The molecule has 0 saturated carbocycles. The monoisotopic (exact) mass is 264 g/mol. The Balaban J connectivity index is 2.27. The highest BCUT2D eigenvalue weighted by atomic mass is 16.1. The molecule has 0 aliphatic carbocycles. The Hall–Kier alpha value is -2.55. The Kier molecular flexibility index (Phi) is 3.03. The number of fused-ring (bicyclic) bond motifs is 1. The molecule has 0 spiro atoms. The number of benzene rings is 2. The van der Waals surface area contributed by atoms with Gasteiger partial charge in [0.2, 0.25) is 0 Å². The van der Waals surface area contributed by atoms with Crippen molar-refractivity contribution in [3.8, 4) is 5.69 Å². The fraction of sp³-hybridized carbons (Fsp3) is 0.118. The van der Waals surface area contributed by atoms with Gasteiger partial charge in [-0.2, -0.15) is 0 Å². The van der Waals surface area contributed by atoms with Gasteiger partial charge in [-0.15, -0.1) is 0 Å². The lowest BCUT2D eigenvalue weighted by Crippen LogP contribution is -2.21. The summed E-state index contributed by atoms with van der Waals surface area (Å²) in [6.45, 7) is 2.10. The van der Waals surface area contributed by atoms with Crippen molar-refractivity contribution < 1.29 is 0 Å². The van der Waals surface area contributed by atoms with Crippen LogP contribution in [0.4, 0.5) is 5.82 Å². The van der Waals surface area contributed by atoms with Gasteiger partial charge in [0.05, 0.1) is 5.69 Å². The van der Waals surface area contributed by atoms with Crippen LogP contribution in [0.2, 0.25) is 0 Å². The Morgan fingerprint density at radius 1 is 1.05 bits per heavy atom. The highest BCUT2D eigenvalue weighted by Crippen LogP contribution is 2.17. The first-order chi connectivity index (χ1) is 9.70. The molecular weight excluding hydrogens is 248 g/mol. The number of aromatic nitrogens is 1. The predicted molar refractivity (Wildman–Crippen MR) is 83.3 cm³/mol. The lowest BCUT2D eigenvalue weighted by molar-refractivity contribution is 1.02. The van der Waals surface area contributed by atoms with Crippen molar-refractivity contribution in [3.63, 3.8) is 0 Å².